The number of aryl methyl sites for hydroxylation is 1. The van der Waals surface area contributed by atoms with Crippen LogP contribution in [0.5, 0.6) is 5.75 Å². The molecule has 2 atom stereocenters. The molecule has 1 N–H and O–H groups in total. The Hall–Kier alpha value is -2.41. The molecule has 0 spiro atoms. The number of carbonyl (C=O) groups is 1. The summed E-state index contributed by atoms with van der Waals surface area (Å²) in [6.45, 7) is 10.1. The van der Waals surface area contributed by atoms with Gasteiger partial charge in [0.15, 0.2) is 6.61 Å². The molecule has 7 heteroatoms. The average molecular weight is 387 g/mol. The number of hydrogen-bond donors (Lipinski definition) is 1. The highest BCUT2D eigenvalue weighted by atomic mass is 16.5. The van der Waals surface area contributed by atoms with Crippen LogP contribution in [0.1, 0.15) is 56.2 Å². The standard InChI is InChI=1S/C21H29N3O4/c1-5-18-23-17(24-28-18)13-27-16-8-6-14(7-9-16)20(25)22-12-15-10-11-26-19(15)21(2,3)4/h6-9,15,19H,5,10-13H2,1-4H3,(H,22,25)/t15-,19+/m1/s1. The number of ether oxygens (including phenoxy) is 2. The summed E-state index contributed by atoms with van der Waals surface area (Å²) in [5, 5.41) is 6.89. The molecule has 1 aromatic heterocycles. The lowest BCUT2D eigenvalue weighted by molar-refractivity contribution is 0.00737. The van der Waals surface area contributed by atoms with Gasteiger partial charge >= 0.3 is 0 Å². The van der Waals surface area contributed by atoms with E-state index in [1.807, 2.05) is 6.92 Å². The van der Waals surface area contributed by atoms with Crippen LogP contribution in [0.15, 0.2) is 28.8 Å². The summed E-state index contributed by atoms with van der Waals surface area (Å²) in [7, 11) is 0. The van der Waals surface area contributed by atoms with Crippen molar-refractivity contribution in [2.45, 2.75) is 53.2 Å². The van der Waals surface area contributed by atoms with Crippen molar-refractivity contribution in [1.29, 1.82) is 0 Å². The quantitative estimate of drug-likeness (QED) is 0.784. The second-order valence-corrected chi connectivity index (χ2v) is 8.19. The van der Waals surface area contributed by atoms with Gasteiger partial charge in [-0.25, -0.2) is 0 Å². The number of carbonyl (C=O) groups excluding carboxylic acids is 1. The second-order valence-electron chi connectivity index (χ2n) is 8.19. The maximum atomic E-state index is 12.5. The highest BCUT2D eigenvalue weighted by Gasteiger charge is 2.37. The fraction of sp³-hybridized carbons (Fsp3) is 0.571. The Kier molecular flexibility index (Phi) is 6.34. The minimum Gasteiger partial charge on any atom is -0.485 e. The lowest BCUT2D eigenvalue weighted by Gasteiger charge is -2.31. The van der Waals surface area contributed by atoms with Gasteiger partial charge in [-0.3, -0.25) is 4.79 Å². The number of amides is 1. The van der Waals surface area contributed by atoms with Crippen LogP contribution in [0.2, 0.25) is 0 Å². The van der Waals surface area contributed by atoms with E-state index in [-0.39, 0.29) is 24.0 Å². The van der Waals surface area contributed by atoms with Gasteiger partial charge < -0.3 is 19.3 Å². The van der Waals surface area contributed by atoms with E-state index < -0.39 is 0 Å². The Balaban J connectivity index is 1.49. The van der Waals surface area contributed by atoms with Crippen molar-refractivity contribution in [3.63, 3.8) is 0 Å². The minimum atomic E-state index is -0.0862. The Morgan fingerprint density at radius 2 is 2.04 bits per heavy atom. The number of nitrogens with one attached hydrogen (secondary N) is 1. The molecule has 1 aliphatic rings. The molecule has 28 heavy (non-hydrogen) atoms. The predicted octanol–water partition coefficient (Wildman–Crippen LogP) is 3.39. The van der Waals surface area contributed by atoms with E-state index in [1.165, 1.54) is 0 Å². The van der Waals surface area contributed by atoms with Gasteiger partial charge in [0.25, 0.3) is 5.91 Å². The van der Waals surface area contributed by atoms with Gasteiger partial charge in [-0.1, -0.05) is 32.9 Å². The van der Waals surface area contributed by atoms with Crippen molar-refractivity contribution in [3.05, 3.63) is 41.5 Å². The maximum absolute atomic E-state index is 12.5. The molecular weight excluding hydrogens is 358 g/mol. The van der Waals surface area contributed by atoms with Crippen molar-refractivity contribution < 1.29 is 18.8 Å². The summed E-state index contributed by atoms with van der Waals surface area (Å²) in [5.74, 6) is 2.00. The van der Waals surface area contributed by atoms with Crippen LogP contribution in [-0.2, 0) is 17.8 Å². The van der Waals surface area contributed by atoms with Crippen molar-refractivity contribution in [2.24, 2.45) is 11.3 Å². The van der Waals surface area contributed by atoms with Gasteiger partial charge in [-0.15, -0.1) is 0 Å². The molecule has 0 bridgehead atoms. The lowest BCUT2D eigenvalue weighted by Crippen LogP contribution is -2.38. The van der Waals surface area contributed by atoms with Gasteiger partial charge in [0.05, 0.1) is 6.10 Å². The van der Waals surface area contributed by atoms with Crippen molar-refractivity contribution >= 4 is 5.91 Å². The van der Waals surface area contributed by atoms with Gasteiger partial charge in [0.1, 0.15) is 5.75 Å². The minimum absolute atomic E-state index is 0.0709. The Morgan fingerprint density at radius 1 is 1.29 bits per heavy atom. The first-order chi connectivity index (χ1) is 13.4. The summed E-state index contributed by atoms with van der Waals surface area (Å²) < 4.78 is 16.6. The zero-order chi connectivity index (χ0) is 20.1. The molecule has 0 unspecified atom stereocenters. The van der Waals surface area contributed by atoms with Crippen LogP contribution in [0, 0.1) is 11.3 Å². The molecule has 2 aromatic rings. The van der Waals surface area contributed by atoms with Gasteiger partial charge in [-0.2, -0.15) is 4.98 Å². The third-order valence-corrected chi connectivity index (χ3v) is 4.89. The molecule has 2 heterocycles. The number of benzene rings is 1. The zero-order valence-electron chi connectivity index (χ0n) is 17.0. The fourth-order valence-electron chi connectivity index (χ4n) is 3.47. The molecule has 7 nitrogen and oxygen atoms in total. The van der Waals surface area contributed by atoms with E-state index >= 15 is 0 Å². The first-order valence-corrected chi connectivity index (χ1v) is 9.81. The largest absolute Gasteiger partial charge is 0.485 e. The third kappa shape index (κ3) is 5.10. The second kappa shape index (κ2) is 8.73. The van der Waals surface area contributed by atoms with Crippen molar-refractivity contribution in [1.82, 2.24) is 15.5 Å². The normalized spacial score (nSPS) is 19.6. The molecule has 0 radical (unpaired) electrons. The third-order valence-electron chi connectivity index (χ3n) is 4.89. The van der Waals surface area contributed by atoms with Crippen LogP contribution in [0.3, 0.4) is 0 Å². The molecule has 0 aliphatic carbocycles. The van der Waals surface area contributed by atoms with Crippen LogP contribution < -0.4 is 10.1 Å². The molecule has 152 valence electrons. The fourth-order valence-corrected chi connectivity index (χ4v) is 3.47. The van der Waals surface area contributed by atoms with E-state index in [0.717, 1.165) is 13.0 Å². The number of rotatable bonds is 7. The lowest BCUT2D eigenvalue weighted by atomic mass is 9.81. The first kappa shape index (κ1) is 20.3. The smallest absolute Gasteiger partial charge is 0.251 e. The van der Waals surface area contributed by atoms with E-state index in [0.29, 0.717) is 41.9 Å². The van der Waals surface area contributed by atoms with E-state index in [4.69, 9.17) is 14.0 Å². The number of hydrogen-bond acceptors (Lipinski definition) is 6. The highest BCUT2D eigenvalue weighted by Crippen LogP contribution is 2.34. The van der Waals surface area contributed by atoms with Gasteiger partial charge in [0.2, 0.25) is 11.7 Å². The first-order valence-electron chi connectivity index (χ1n) is 9.81. The van der Waals surface area contributed by atoms with E-state index in [2.05, 4.69) is 36.2 Å². The Labute approximate surface area is 165 Å². The number of nitrogens with zero attached hydrogens (tertiary/aromatic N) is 2. The molecule has 1 amide bonds. The molecule has 0 saturated carbocycles. The Bertz CT molecular complexity index is 780. The molecule has 1 fully saturated rings. The van der Waals surface area contributed by atoms with Crippen molar-refractivity contribution in [2.75, 3.05) is 13.2 Å². The summed E-state index contributed by atoms with van der Waals surface area (Å²) in [5.41, 5.74) is 0.674. The maximum Gasteiger partial charge on any atom is 0.251 e. The molecule has 1 aromatic carbocycles. The summed E-state index contributed by atoms with van der Waals surface area (Å²) in [4.78, 5) is 16.7. The van der Waals surface area contributed by atoms with Crippen molar-refractivity contribution in [3.8, 4) is 5.75 Å². The van der Waals surface area contributed by atoms with Crippen LogP contribution in [0.25, 0.3) is 0 Å². The number of aromatic nitrogens is 2. The van der Waals surface area contributed by atoms with E-state index in [1.54, 1.807) is 24.3 Å². The monoisotopic (exact) mass is 387 g/mol. The summed E-state index contributed by atoms with van der Waals surface area (Å²) in [6, 6.07) is 7.05. The average Bonchev–Trinajstić information content (AvgIpc) is 3.33. The molecular formula is C21H29N3O4. The van der Waals surface area contributed by atoms with Gasteiger partial charge in [0, 0.05) is 31.1 Å². The van der Waals surface area contributed by atoms with Crippen LogP contribution in [0.4, 0.5) is 0 Å². The molecule has 1 saturated heterocycles. The topological polar surface area (TPSA) is 86.5 Å². The summed E-state index contributed by atoms with van der Waals surface area (Å²) >= 11 is 0. The Morgan fingerprint density at radius 3 is 2.68 bits per heavy atom. The highest BCUT2D eigenvalue weighted by molar-refractivity contribution is 5.94. The summed E-state index contributed by atoms with van der Waals surface area (Å²) in [6.07, 6.45) is 1.84. The van der Waals surface area contributed by atoms with Gasteiger partial charge in [-0.05, 0) is 36.1 Å². The SMILES string of the molecule is CCc1nc(COc2ccc(C(=O)NC[C@H]3CCO[C@@H]3C(C)(C)C)cc2)no1. The predicted molar refractivity (Wildman–Crippen MR) is 104 cm³/mol. The van der Waals surface area contributed by atoms with Crippen LogP contribution in [-0.4, -0.2) is 35.3 Å². The zero-order valence-corrected chi connectivity index (χ0v) is 17.0. The van der Waals surface area contributed by atoms with E-state index in [9.17, 15) is 4.79 Å². The van der Waals surface area contributed by atoms with Crippen LogP contribution >= 0.6 is 0 Å². The molecule has 3 rings (SSSR count). The molecule has 1 aliphatic heterocycles.